The van der Waals surface area contributed by atoms with Crippen molar-refractivity contribution in [2.24, 2.45) is 0 Å². The topological polar surface area (TPSA) is 109 Å². The molecule has 0 saturated carbocycles. The maximum absolute atomic E-state index is 11.7. The molecule has 0 aliphatic rings. The number of hydrogen-bond donors (Lipinski definition) is 1. The summed E-state index contributed by atoms with van der Waals surface area (Å²) in [5, 5.41) is 0.620. The quantitative estimate of drug-likeness (QED) is 0.517. The predicted molar refractivity (Wildman–Crippen MR) is 110 cm³/mol. The summed E-state index contributed by atoms with van der Waals surface area (Å²) in [6.45, 7) is 0. The lowest BCUT2D eigenvalue weighted by Crippen LogP contribution is -2.07. The number of hydrogen-bond acceptors (Lipinski definition) is 8. The van der Waals surface area contributed by atoms with Crippen LogP contribution < -0.4 is 24.6 Å². The summed E-state index contributed by atoms with van der Waals surface area (Å²) in [5.41, 5.74) is 1.90. The maximum atomic E-state index is 11.7. The number of nitrogens with one attached hydrogen (secondary N) is 1. The Labute approximate surface area is 171 Å². The van der Waals surface area contributed by atoms with E-state index < -0.39 is 5.69 Å². The van der Waals surface area contributed by atoms with Gasteiger partial charge in [0.1, 0.15) is 5.76 Å². The summed E-state index contributed by atoms with van der Waals surface area (Å²) < 4.78 is 27.5. The summed E-state index contributed by atoms with van der Waals surface area (Å²) in [6, 6.07) is 7.15. The molecular weight excluding hydrogens is 390 g/mol. The lowest BCUT2D eigenvalue weighted by molar-refractivity contribution is 0.324. The Bertz CT molecular complexity index is 1240. The molecule has 0 spiro atoms. The Morgan fingerprint density at radius 3 is 2.17 bits per heavy atom. The van der Waals surface area contributed by atoms with Crippen molar-refractivity contribution in [1.82, 2.24) is 15.0 Å². The number of benzene rings is 1. The number of nitrogens with zero attached hydrogens (tertiary/aromatic N) is 2. The standard InChI is InChI=1S/C21H19N3O6/c1-26-14-7-12(8-15(27-2)19(14)29-4)17-13-10-23-21(25)24-20(13)30-18(17)11-5-6-16(28-3)22-9-11/h5-10H,1-4H3,(H,23,24,25). The van der Waals surface area contributed by atoms with E-state index in [-0.39, 0.29) is 0 Å². The van der Waals surface area contributed by atoms with Gasteiger partial charge in [0.25, 0.3) is 0 Å². The smallest absolute Gasteiger partial charge is 0.347 e. The highest BCUT2D eigenvalue weighted by Gasteiger charge is 2.22. The molecule has 4 rings (SSSR count). The monoisotopic (exact) mass is 409 g/mol. The van der Waals surface area contributed by atoms with Crippen LogP contribution in [-0.4, -0.2) is 43.4 Å². The van der Waals surface area contributed by atoms with Crippen LogP contribution in [0.4, 0.5) is 0 Å². The number of pyridine rings is 1. The fourth-order valence-corrected chi connectivity index (χ4v) is 3.26. The van der Waals surface area contributed by atoms with Gasteiger partial charge in [-0.25, -0.2) is 14.8 Å². The summed E-state index contributed by atoms with van der Waals surface area (Å²) in [6.07, 6.45) is 3.10. The van der Waals surface area contributed by atoms with Crippen molar-refractivity contribution in [1.29, 1.82) is 0 Å². The maximum Gasteiger partial charge on any atom is 0.347 e. The molecule has 1 N–H and O–H groups in total. The summed E-state index contributed by atoms with van der Waals surface area (Å²) in [7, 11) is 6.17. The molecule has 3 aromatic heterocycles. The second kappa shape index (κ2) is 7.78. The lowest BCUT2D eigenvalue weighted by Gasteiger charge is -2.14. The van der Waals surface area contributed by atoms with Crippen molar-refractivity contribution in [2.45, 2.75) is 0 Å². The Hall–Kier alpha value is -4.01. The number of furan rings is 1. The largest absolute Gasteiger partial charge is 0.493 e. The third-order valence-electron chi connectivity index (χ3n) is 4.64. The highest BCUT2D eigenvalue weighted by atomic mass is 16.5. The van der Waals surface area contributed by atoms with E-state index in [4.69, 9.17) is 23.4 Å². The normalized spacial score (nSPS) is 10.8. The van der Waals surface area contributed by atoms with E-state index in [9.17, 15) is 4.79 Å². The molecule has 9 heteroatoms. The van der Waals surface area contributed by atoms with Crippen LogP contribution in [0.25, 0.3) is 33.6 Å². The van der Waals surface area contributed by atoms with E-state index in [0.717, 1.165) is 5.56 Å². The van der Waals surface area contributed by atoms with Crippen LogP contribution in [0.5, 0.6) is 23.1 Å². The minimum Gasteiger partial charge on any atom is -0.493 e. The number of methoxy groups -OCH3 is 4. The van der Waals surface area contributed by atoms with Gasteiger partial charge in [0.2, 0.25) is 17.3 Å². The third-order valence-corrected chi connectivity index (χ3v) is 4.64. The van der Waals surface area contributed by atoms with E-state index in [1.165, 1.54) is 13.3 Å². The molecule has 0 atom stereocenters. The summed E-state index contributed by atoms with van der Waals surface area (Å²) in [4.78, 5) is 22.5. The summed E-state index contributed by atoms with van der Waals surface area (Å²) >= 11 is 0. The van der Waals surface area contributed by atoms with Crippen LogP contribution in [0.3, 0.4) is 0 Å². The average molecular weight is 409 g/mol. The molecule has 0 aliphatic carbocycles. The molecule has 0 amide bonds. The second-order valence-electron chi connectivity index (χ2n) is 6.24. The van der Waals surface area contributed by atoms with E-state index in [2.05, 4.69) is 15.0 Å². The predicted octanol–water partition coefficient (Wildman–Crippen LogP) is 3.28. The van der Waals surface area contributed by atoms with Gasteiger partial charge < -0.3 is 23.4 Å². The zero-order valence-electron chi connectivity index (χ0n) is 16.8. The number of aromatic nitrogens is 3. The summed E-state index contributed by atoms with van der Waals surface area (Å²) in [5.74, 6) is 2.41. The average Bonchev–Trinajstić information content (AvgIpc) is 3.16. The molecule has 0 fully saturated rings. The van der Waals surface area contributed by atoms with Gasteiger partial charge in [0.15, 0.2) is 11.5 Å². The molecule has 0 bridgehead atoms. The van der Waals surface area contributed by atoms with Crippen LogP contribution in [0, 0.1) is 0 Å². The molecular formula is C21H19N3O6. The van der Waals surface area contributed by atoms with Gasteiger partial charge in [-0.15, -0.1) is 0 Å². The van der Waals surface area contributed by atoms with Crippen molar-refractivity contribution in [3.8, 4) is 45.6 Å². The van der Waals surface area contributed by atoms with Crippen molar-refractivity contribution < 1.29 is 23.4 Å². The van der Waals surface area contributed by atoms with Gasteiger partial charge >= 0.3 is 5.69 Å². The second-order valence-corrected chi connectivity index (χ2v) is 6.24. The number of rotatable bonds is 6. The number of H-pyrrole nitrogens is 1. The van der Waals surface area contributed by atoms with Crippen LogP contribution in [-0.2, 0) is 0 Å². The van der Waals surface area contributed by atoms with E-state index in [1.807, 2.05) is 6.07 Å². The molecule has 9 nitrogen and oxygen atoms in total. The van der Waals surface area contributed by atoms with Crippen molar-refractivity contribution >= 4 is 11.1 Å². The van der Waals surface area contributed by atoms with Crippen LogP contribution in [0.15, 0.2) is 45.9 Å². The van der Waals surface area contributed by atoms with Gasteiger partial charge in [-0.05, 0) is 23.8 Å². The first-order chi connectivity index (χ1) is 14.6. The highest BCUT2D eigenvalue weighted by molar-refractivity contribution is 6.00. The Balaban J connectivity index is 2.03. The molecule has 0 unspecified atom stereocenters. The first-order valence-electron chi connectivity index (χ1n) is 8.92. The molecule has 3 heterocycles. The van der Waals surface area contributed by atoms with Crippen LogP contribution >= 0.6 is 0 Å². The van der Waals surface area contributed by atoms with Crippen molar-refractivity contribution in [2.75, 3.05) is 28.4 Å². The fraction of sp³-hybridized carbons (Fsp3) is 0.190. The lowest BCUT2D eigenvalue weighted by atomic mass is 9.99. The van der Waals surface area contributed by atoms with E-state index in [0.29, 0.717) is 51.1 Å². The minimum atomic E-state index is -0.507. The van der Waals surface area contributed by atoms with E-state index in [1.54, 1.807) is 45.7 Å². The number of ether oxygens (including phenoxy) is 4. The first kappa shape index (κ1) is 19.3. The zero-order chi connectivity index (χ0) is 21.3. The third kappa shape index (κ3) is 3.20. The van der Waals surface area contributed by atoms with Crippen molar-refractivity contribution in [3.05, 3.63) is 47.1 Å². The van der Waals surface area contributed by atoms with Gasteiger partial charge in [-0.2, -0.15) is 0 Å². The Morgan fingerprint density at radius 2 is 1.60 bits per heavy atom. The van der Waals surface area contributed by atoms with Crippen LogP contribution in [0.1, 0.15) is 0 Å². The Kier molecular flexibility index (Phi) is 5.01. The molecule has 154 valence electrons. The number of aromatic amines is 1. The molecule has 30 heavy (non-hydrogen) atoms. The highest BCUT2D eigenvalue weighted by Crippen LogP contribution is 2.46. The van der Waals surface area contributed by atoms with Gasteiger partial charge in [0.05, 0.1) is 33.8 Å². The molecule has 0 saturated heterocycles. The number of fused-ring (bicyclic) bond motifs is 1. The van der Waals surface area contributed by atoms with Gasteiger partial charge in [-0.3, -0.25) is 4.98 Å². The van der Waals surface area contributed by atoms with Crippen LogP contribution in [0.2, 0.25) is 0 Å². The SMILES string of the molecule is COc1ccc(-c2oc3[nH]c(=O)ncc3c2-c2cc(OC)c(OC)c(OC)c2)cn1. The molecule has 0 aliphatic heterocycles. The molecule has 0 radical (unpaired) electrons. The first-order valence-corrected chi connectivity index (χ1v) is 8.92. The van der Waals surface area contributed by atoms with Gasteiger partial charge in [-0.1, -0.05) is 0 Å². The van der Waals surface area contributed by atoms with Crippen molar-refractivity contribution in [3.63, 3.8) is 0 Å². The fourth-order valence-electron chi connectivity index (χ4n) is 3.26. The minimum absolute atomic E-state index is 0.296. The van der Waals surface area contributed by atoms with E-state index >= 15 is 0 Å². The Morgan fingerprint density at radius 1 is 0.867 bits per heavy atom. The zero-order valence-corrected chi connectivity index (χ0v) is 16.8. The molecule has 4 aromatic rings. The molecule has 1 aromatic carbocycles. The van der Waals surface area contributed by atoms with Gasteiger partial charge in [0, 0.05) is 29.6 Å².